The molecule has 3 rings (SSSR count). The van der Waals surface area contributed by atoms with Crippen LogP contribution in [-0.4, -0.2) is 85.7 Å². The Hall–Kier alpha value is -0.650. The molecule has 132 valence electrons. The zero-order valence-corrected chi connectivity index (χ0v) is 15.1. The van der Waals surface area contributed by atoms with Gasteiger partial charge in [0.1, 0.15) is 0 Å². The van der Waals surface area contributed by atoms with E-state index in [9.17, 15) is 4.79 Å². The molecule has 5 heteroatoms. The Morgan fingerprint density at radius 3 is 2.09 bits per heavy atom. The van der Waals surface area contributed by atoms with Crippen molar-refractivity contribution in [2.75, 3.05) is 59.5 Å². The number of amides is 1. The van der Waals surface area contributed by atoms with Gasteiger partial charge in [-0.3, -0.25) is 9.69 Å². The summed E-state index contributed by atoms with van der Waals surface area (Å²) in [6.07, 6.45) is 4.10. The molecule has 0 unspecified atom stereocenters. The van der Waals surface area contributed by atoms with E-state index in [0.29, 0.717) is 11.3 Å². The standard InChI is InChI=1S/C18H33N3O2/c1-17(2,15-21-10-12-23-13-11-21)14-20-8-6-18(7-9-20)5-4-16(22)19(18)3/h4-15H2,1-3H3. The smallest absolute Gasteiger partial charge is 0.222 e. The molecule has 1 amide bonds. The van der Waals surface area contributed by atoms with Crippen molar-refractivity contribution in [3.8, 4) is 0 Å². The number of likely N-dealkylation sites (tertiary alicyclic amines) is 2. The van der Waals surface area contributed by atoms with Gasteiger partial charge in [-0.1, -0.05) is 13.8 Å². The van der Waals surface area contributed by atoms with Gasteiger partial charge in [0, 0.05) is 58.3 Å². The Morgan fingerprint density at radius 2 is 1.57 bits per heavy atom. The van der Waals surface area contributed by atoms with Crippen LogP contribution in [0, 0.1) is 5.41 Å². The van der Waals surface area contributed by atoms with E-state index in [0.717, 1.165) is 78.2 Å². The lowest BCUT2D eigenvalue weighted by Gasteiger charge is -2.46. The quantitative estimate of drug-likeness (QED) is 0.784. The summed E-state index contributed by atoms with van der Waals surface area (Å²) >= 11 is 0. The van der Waals surface area contributed by atoms with Gasteiger partial charge in [-0.2, -0.15) is 0 Å². The van der Waals surface area contributed by atoms with Crippen LogP contribution in [0.3, 0.4) is 0 Å². The van der Waals surface area contributed by atoms with Crippen molar-refractivity contribution in [2.24, 2.45) is 5.41 Å². The number of morpholine rings is 1. The van der Waals surface area contributed by atoms with Crippen molar-refractivity contribution < 1.29 is 9.53 Å². The minimum absolute atomic E-state index is 0.169. The largest absolute Gasteiger partial charge is 0.379 e. The topological polar surface area (TPSA) is 36.0 Å². The third-order valence-electron chi connectivity index (χ3n) is 6.08. The minimum atomic E-state index is 0.169. The summed E-state index contributed by atoms with van der Waals surface area (Å²) in [5.74, 6) is 0.339. The van der Waals surface area contributed by atoms with Gasteiger partial charge in [0.2, 0.25) is 5.91 Å². The first-order chi connectivity index (χ1) is 10.9. The molecular formula is C18H33N3O2. The van der Waals surface area contributed by atoms with Crippen LogP contribution in [0.1, 0.15) is 39.5 Å². The Morgan fingerprint density at radius 1 is 1.00 bits per heavy atom. The van der Waals surface area contributed by atoms with E-state index in [4.69, 9.17) is 4.74 Å². The average Bonchev–Trinajstić information content (AvgIpc) is 2.79. The average molecular weight is 323 g/mol. The maximum absolute atomic E-state index is 11.9. The molecule has 0 N–H and O–H groups in total. The molecule has 0 aromatic heterocycles. The van der Waals surface area contributed by atoms with Gasteiger partial charge in [0.25, 0.3) is 0 Å². The molecule has 0 radical (unpaired) electrons. The number of hydrogen-bond acceptors (Lipinski definition) is 4. The van der Waals surface area contributed by atoms with E-state index < -0.39 is 0 Å². The monoisotopic (exact) mass is 323 g/mol. The van der Waals surface area contributed by atoms with Gasteiger partial charge in [0.15, 0.2) is 0 Å². The molecule has 0 aromatic carbocycles. The second-order valence-electron chi connectivity index (χ2n) is 8.51. The maximum atomic E-state index is 11.9. The van der Waals surface area contributed by atoms with E-state index in [2.05, 4.69) is 23.6 Å². The van der Waals surface area contributed by atoms with E-state index in [1.165, 1.54) is 0 Å². The number of carbonyl (C=O) groups is 1. The van der Waals surface area contributed by atoms with E-state index in [-0.39, 0.29) is 5.54 Å². The van der Waals surface area contributed by atoms with Gasteiger partial charge < -0.3 is 14.5 Å². The lowest BCUT2D eigenvalue weighted by Crippen LogP contribution is -2.54. The first-order valence-electron chi connectivity index (χ1n) is 9.19. The summed E-state index contributed by atoms with van der Waals surface area (Å²) in [4.78, 5) is 19.1. The molecule has 0 aliphatic carbocycles. The summed E-state index contributed by atoms with van der Waals surface area (Å²) < 4.78 is 5.45. The van der Waals surface area contributed by atoms with E-state index >= 15 is 0 Å². The second-order valence-corrected chi connectivity index (χ2v) is 8.51. The first-order valence-corrected chi connectivity index (χ1v) is 9.19. The maximum Gasteiger partial charge on any atom is 0.222 e. The van der Waals surface area contributed by atoms with Gasteiger partial charge in [-0.15, -0.1) is 0 Å². The predicted molar refractivity (Wildman–Crippen MR) is 91.4 cm³/mol. The number of rotatable bonds is 4. The van der Waals surface area contributed by atoms with Crippen LogP contribution in [0.5, 0.6) is 0 Å². The van der Waals surface area contributed by atoms with Crippen molar-refractivity contribution in [3.63, 3.8) is 0 Å². The molecule has 3 saturated heterocycles. The molecule has 3 aliphatic rings. The predicted octanol–water partition coefficient (Wildman–Crippen LogP) is 1.43. The van der Waals surface area contributed by atoms with Crippen LogP contribution in [0.25, 0.3) is 0 Å². The zero-order valence-electron chi connectivity index (χ0n) is 15.1. The number of nitrogens with zero attached hydrogens (tertiary/aromatic N) is 3. The van der Waals surface area contributed by atoms with Gasteiger partial charge in [-0.25, -0.2) is 0 Å². The van der Waals surface area contributed by atoms with Gasteiger partial charge >= 0.3 is 0 Å². The Bertz CT molecular complexity index is 424. The zero-order chi connectivity index (χ0) is 16.5. The highest BCUT2D eigenvalue weighted by atomic mass is 16.5. The van der Waals surface area contributed by atoms with Crippen molar-refractivity contribution in [2.45, 2.75) is 45.1 Å². The van der Waals surface area contributed by atoms with E-state index in [1.807, 2.05) is 11.9 Å². The van der Waals surface area contributed by atoms with Gasteiger partial charge in [-0.05, 0) is 24.7 Å². The normalized spacial score (nSPS) is 27.1. The molecule has 3 aliphatic heterocycles. The highest BCUT2D eigenvalue weighted by Gasteiger charge is 2.45. The second kappa shape index (κ2) is 6.69. The number of carbonyl (C=O) groups excluding carboxylic acids is 1. The summed E-state index contributed by atoms with van der Waals surface area (Å²) in [5.41, 5.74) is 0.473. The van der Waals surface area contributed by atoms with Crippen molar-refractivity contribution >= 4 is 5.91 Å². The van der Waals surface area contributed by atoms with Crippen molar-refractivity contribution in [1.29, 1.82) is 0 Å². The summed E-state index contributed by atoms with van der Waals surface area (Å²) in [6, 6.07) is 0. The molecule has 5 nitrogen and oxygen atoms in total. The fourth-order valence-corrected chi connectivity index (χ4v) is 4.67. The molecule has 3 fully saturated rings. The molecule has 0 aromatic rings. The molecular weight excluding hydrogens is 290 g/mol. The molecule has 3 heterocycles. The first kappa shape index (κ1) is 17.2. The minimum Gasteiger partial charge on any atom is -0.379 e. The molecule has 23 heavy (non-hydrogen) atoms. The van der Waals surface area contributed by atoms with Crippen LogP contribution in [0.15, 0.2) is 0 Å². The van der Waals surface area contributed by atoms with Crippen molar-refractivity contribution in [3.05, 3.63) is 0 Å². The highest BCUT2D eigenvalue weighted by Crippen LogP contribution is 2.38. The summed E-state index contributed by atoms with van der Waals surface area (Å²) in [5, 5.41) is 0. The van der Waals surface area contributed by atoms with Crippen molar-refractivity contribution in [1.82, 2.24) is 14.7 Å². The third-order valence-corrected chi connectivity index (χ3v) is 6.08. The Kier molecular flexibility index (Phi) is 5.00. The van der Waals surface area contributed by atoms with Crippen LogP contribution >= 0.6 is 0 Å². The van der Waals surface area contributed by atoms with Gasteiger partial charge in [0.05, 0.1) is 13.2 Å². The Labute approximate surface area is 140 Å². The highest BCUT2D eigenvalue weighted by molar-refractivity contribution is 5.79. The SMILES string of the molecule is CN1C(=O)CCC12CCN(CC(C)(C)CN1CCOCC1)CC2. The third kappa shape index (κ3) is 3.89. The Balaban J connectivity index is 1.48. The fraction of sp³-hybridized carbons (Fsp3) is 0.944. The molecule has 0 bridgehead atoms. The summed E-state index contributed by atoms with van der Waals surface area (Å²) in [6.45, 7) is 13.2. The number of piperidine rings is 1. The van der Waals surface area contributed by atoms with Crippen LogP contribution in [0.2, 0.25) is 0 Å². The lowest BCUT2D eigenvalue weighted by atomic mass is 9.83. The summed E-state index contributed by atoms with van der Waals surface area (Å²) in [7, 11) is 2.01. The van der Waals surface area contributed by atoms with Crippen LogP contribution in [0.4, 0.5) is 0 Å². The molecule has 0 saturated carbocycles. The van der Waals surface area contributed by atoms with Crippen LogP contribution < -0.4 is 0 Å². The van der Waals surface area contributed by atoms with Crippen LogP contribution in [-0.2, 0) is 9.53 Å². The molecule has 1 spiro atoms. The fourth-order valence-electron chi connectivity index (χ4n) is 4.67. The number of hydrogen-bond donors (Lipinski definition) is 0. The van der Waals surface area contributed by atoms with E-state index in [1.54, 1.807) is 0 Å². The lowest BCUT2D eigenvalue weighted by molar-refractivity contribution is -0.130. The number of ether oxygens (including phenoxy) is 1. The molecule has 0 atom stereocenters.